The van der Waals surface area contributed by atoms with E-state index in [0.29, 0.717) is 35.6 Å². The Morgan fingerprint density at radius 3 is 2.62 bits per heavy atom. The maximum atomic E-state index is 6.31. The van der Waals surface area contributed by atoms with E-state index in [4.69, 9.17) is 16.3 Å². The Hall–Kier alpha value is 0.0900. The molecule has 0 aromatic carbocycles. The summed E-state index contributed by atoms with van der Waals surface area (Å²) in [6, 6.07) is 1.10. The lowest BCUT2D eigenvalue weighted by atomic mass is 9.74. The van der Waals surface area contributed by atoms with Crippen molar-refractivity contribution in [3.05, 3.63) is 0 Å². The standard InChI is InChI=1S/C18H33ClN4O/c19-13-7-5-12(6-8-13)16-17-15(4-1-9-20-17)18(23-22-16)21-11-14-3-2-10-24-14/h12-18,20-23H,1-11H2. The second-order valence-corrected chi connectivity index (χ2v) is 8.75. The van der Waals surface area contributed by atoms with E-state index in [0.717, 1.165) is 25.6 Å². The topological polar surface area (TPSA) is 57.3 Å². The van der Waals surface area contributed by atoms with Crippen molar-refractivity contribution in [2.45, 2.75) is 81.1 Å². The largest absolute Gasteiger partial charge is 0.377 e. The average molecular weight is 357 g/mol. The zero-order valence-electron chi connectivity index (χ0n) is 14.6. The third-order valence-electron chi connectivity index (χ3n) is 6.57. The summed E-state index contributed by atoms with van der Waals surface area (Å²) >= 11 is 6.31. The zero-order valence-corrected chi connectivity index (χ0v) is 15.4. The number of hydrazine groups is 1. The summed E-state index contributed by atoms with van der Waals surface area (Å²) in [5, 5.41) is 7.96. The highest BCUT2D eigenvalue weighted by atomic mass is 35.5. The van der Waals surface area contributed by atoms with Crippen molar-refractivity contribution < 1.29 is 4.74 Å². The quantitative estimate of drug-likeness (QED) is 0.578. The first-order valence-corrected chi connectivity index (χ1v) is 10.5. The van der Waals surface area contributed by atoms with Crippen LogP contribution in [-0.2, 0) is 4.74 Å². The molecule has 1 aliphatic carbocycles. The van der Waals surface area contributed by atoms with Crippen LogP contribution in [0.4, 0.5) is 0 Å². The van der Waals surface area contributed by atoms with Gasteiger partial charge in [-0.25, -0.2) is 5.43 Å². The number of ether oxygens (including phenoxy) is 1. The Balaban J connectivity index is 1.36. The van der Waals surface area contributed by atoms with Crippen LogP contribution < -0.4 is 21.5 Å². The van der Waals surface area contributed by atoms with Crippen molar-refractivity contribution in [3.63, 3.8) is 0 Å². The number of hydrogen-bond donors (Lipinski definition) is 4. The van der Waals surface area contributed by atoms with E-state index < -0.39 is 0 Å². The van der Waals surface area contributed by atoms with Crippen LogP contribution >= 0.6 is 11.6 Å². The van der Waals surface area contributed by atoms with Crippen molar-refractivity contribution >= 4 is 11.6 Å². The van der Waals surface area contributed by atoms with Crippen molar-refractivity contribution in [2.24, 2.45) is 11.8 Å². The number of fused-ring (bicyclic) bond motifs is 1. The lowest BCUT2D eigenvalue weighted by Gasteiger charge is -2.50. The predicted octanol–water partition coefficient (Wildman–Crippen LogP) is 1.72. The van der Waals surface area contributed by atoms with Gasteiger partial charge < -0.3 is 10.1 Å². The van der Waals surface area contributed by atoms with E-state index in [1.54, 1.807) is 0 Å². The summed E-state index contributed by atoms with van der Waals surface area (Å²) in [5.41, 5.74) is 7.28. The molecule has 5 nitrogen and oxygen atoms in total. The van der Waals surface area contributed by atoms with Crippen LogP contribution in [-0.4, -0.2) is 49.4 Å². The summed E-state index contributed by atoms with van der Waals surface area (Å²) in [5.74, 6) is 1.39. The maximum Gasteiger partial charge on any atom is 0.0749 e. The molecule has 5 unspecified atom stereocenters. The average Bonchev–Trinajstić information content (AvgIpc) is 3.14. The van der Waals surface area contributed by atoms with Gasteiger partial charge in [-0.3, -0.25) is 10.7 Å². The minimum absolute atomic E-state index is 0.340. The summed E-state index contributed by atoms with van der Waals surface area (Å²) in [4.78, 5) is 0. The molecule has 3 heterocycles. The Kier molecular flexibility index (Phi) is 5.97. The molecule has 4 rings (SSSR count). The van der Waals surface area contributed by atoms with E-state index >= 15 is 0 Å². The summed E-state index contributed by atoms with van der Waals surface area (Å²) < 4.78 is 5.77. The number of rotatable bonds is 4. The highest BCUT2D eigenvalue weighted by Gasteiger charge is 2.44. The molecule has 4 N–H and O–H groups in total. The number of halogens is 1. The van der Waals surface area contributed by atoms with Crippen LogP contribution in [0.15, 0.2) is 0 Å². The van der Waals surface area contributed by atoms with Crippen LogP contribution in [0, 0.1) is 11.8 Å². The van der Waals surface area contributed by atoms with Gasteiger partial charge in [0.15, 0.2) is 0 Å². The predicted molar refractivity (Wildman–Crippen MR) is 96.9 cm³/mol. The van der Waals surface area contributed by atoms with Crippen molar-refractivity contribution in [3.8, 4) is 0 Å². The molecule has 5 atom stereocenters. The van der Waals surface area contributed by atoms with Gasteiger partial charge in [-0.2, -0.15) is 0 Å². The summed E-state index contributed by atoms with van der Waals surface area (Å²) in [6.07, 6.45) is 10.6. The Morgan fingerprint density at radius 2 is 1.83 bits per heavy atom. The fourth-order valence-electron chi connectivity index (χ4n) is 5.20. The van der Waals surface area contributed by atoms with Crippen molar-refractivity contribution in [1.29, 1.82) is 0 Å². The van der Waals surface area contributed by atoms with Gasteiger partial charge in [0.25, 0.3) is 0 Å². The highest BCUT2D eigenvalue weighted by molar-refractivity contribution is 6.20. The van der Waals surface area contributed by atoms with E-state index in [2.05, 4.69) is 21.5 Å². The van der Waals surface area contributed by atoms with E-state index in [9.17, 15) is 0 Å². The first-order valence-electron chi connectivity index (χ1n) is 10.0. The summed E-state index contributed by atoms with van der Waals surface area (Å²) in [6.45, 7) is 3.05. The van der Waals surface area contributed by atoms with Gasteiger partial charge in [0.05, 0.1) is 12.3 Å². The Bertz CT molecular complexity index is 398. The minimum Gasteiger partial charge on any atom is -0.377 e. The Morgan fingerprint density at radius 1 is 0.958 bits per heavy atom. The number of nitrogens with one attached hydrogen (secondary N) is 4. The van der Waals surface area contributed by atoms with Crippen LogP contribution in [0.5, 0.6) is 0 Å². The summed E-state index contributed by atoms with van der Waals surface area (Å²) in [7, 11) is 0. The smallest absolute Gasteiger partial charge is 0.0749 e. The molecule has 0 aromatic heterocycles. The lowest BCUT2D eigenvalue weighted by Crippen LogP contribution is -2.73. The SMILES string of the molecule is ClC1CCC(C2NNC(NCC3CCCO3)C3CCCNC32)CC1. The monoisotopic (exact) mass is 356 g/mol. The molecule has 24 heavy (non-hydrogen) atoms. The molecule has 0 spiro atoms. The molecule has 0 aromatic rings. The van der Waals surface area contributed by atoms with E-state index in [1.807, 2.05) is 0 Å². The molecule has 0 amide bonds. The third kappa shape index (κ3) is 3.92. The van der Waals surface area contributed by atoms with Crippen molar-refractivity contribution in [2.75, 3.05) is 19.7 Å². The maximum absolute atomic E-state index is 6.31. The van der Waals surface area contributed by atoms with Gasteiger partial charge >= 0.3 is 0 Å². The highest BCUT2D eigenvalue weighted by Crippen LogP contribution is 2.35. The third-order valence-corrected chi connectivity index (χ3v) is 7.01. The molecule has 0 bridgehead atoms. The second-order valence-electron chi connectivity index (χ2n) is 8.13. The van der Waals surface area contributed by atoms with Crippen molar-refractivity contribution in [1.82, 2.24) is 21.5 Å². The molecule has 0 radical (unpaired) electrons. The van der Waals surface area contributed by atoms with Gasteiger partial charge in [-0.1, -0.05) is 0 Å². The van der Waals surface area contributed by atoms with Gasteiger partial charge in [0.2, 0.25) is 0 Å². The van der Waals surface area contributed by atoms with Crippen LogP contribution in [0.3, 0.4) is 0 Å². The van der Waals surface area contributed by atoms with Gasteiger partial charge in [-0.15, -0.1) is 11.6 Å². The zero-order chi connectivity index (χ0) is 16.4. The van der Waals surface area contributed by atoms with Gasteiger partial charge in [-0.05, 0) is 63.8 Å². The molecule has 4 fully saturated rings. The van der Waals surface area contributed by atoms with Crippen LogP contribution in [0.2, 0.25) is 0 Å². The van der Waals surface area contributed by atoms with Gasteiger partial charge in [0, 0.05) is 36.5 Å². The number of hydrogen-bond acceptors (Lipinski definition) is 5. The fraction of sp³-hybridized carbons (Fsp3) is 1.00. The molecule has 6 heteroatoms. The van der Waals surface area contributed by atoms with Crippen LogP contribution in [0.1, 0.15) is 51.4 Å². The molecule has 4 aliphatic rings. The van der Waals surface area contributed by atoms with Crippen LogP contribution in [0.25, 0.3) is 0 Å². The van der Waals surface area contributed by atoms with Gasteiger partial charge in [0.1, 0.15) is 0 Å². The first-order chi connectivity index (χ1) is 11.8. The molecular weight excluding hydrogens is 324 g/mol. The molecule has 3 saturated heterocycles. The van der Waals surface area contributed by atoms with E-state index in [-0.39, 0.29) is 0 Å². The number of piperidine rings is 1. The Labute approximate surface area is 151 Å². The molecule has 138 valence electrons. The normalized spacial score (nSPS) is 46.6. The minimum atomic E-state index is 0.340. The molecule has 1 saturated carbocycles. The molecule has 3 aliphatic heterocycles. The second kappa shape index (κ2) is 8.19. The molecular formula is C18H33ClN4O. The van der Waals surface area contributed by atoms with E-state index in [1.165, 1.54) is 51.4 Å². The first kappa shape index (κ1) is 17.5. The fourth-order valence-corrected chi connectivity index (χ4v) is 5.45. The lowest BCUT2D eigenvalue weighted by molar-refractivity contribution is 0.0440. The number of alkyl halides is 1.